The van der Waals surface area contributed by atoms with E-state index in [-0.39, 0.29) is 30.3 Å². The monoisotopic (exact) mass is 456 g/mol. The van der Waals surface area contributed by atoms with Gasteiger partial charge in [-0.2, -0.15) is 0 Å². The number of hydrogen-bond acceptors (Lipinski definition) is 6. The molecule has 0 aromatic heterocycles. The molecule has 3 aromatic rings. The van der Waals surface area contributed by atoms with Gasteiger partial charge in [0.25, 0.3) is 0 Å². The molecule has 4 rings (SSSR count). The van der Waals surface area contributed by atoms with Crippen LogP contribution in [0.25, 0.3) is 0 Å². The van der Waals surface area contributed by atoms with Gasteiger partial charge in [0.2, 0.25) is 6.29 Å². The van der Waals surface area contributed by atoms with E-state index in [1.807, 2.05) is 30.3 Å². The van der Waals surface area contributed by atoms with Crippen molar-refractivity contribution in [2.75, 3.05) is 5.75 Å². The highest BCUT2D eigenvalue weighted by molar-refractivity contribution is 7.91. The second-order valence-corrected chi connectivity index (χ2v) is 9.38. The molecule has 3 aromatic carbocycles. The number of carbonyl (C=O) groups excluding carboxylic acids is 1. The zero-order valence-electron chi connectivity index (χ0n) is 17.1. The highest BCUT2D eigenvalue weighted by Gasteiger charge is 2.26. The Morgan fingerprint density at radius 2 is 1.72 bits per heavy atom. The number of carbonyl (C=O) groups is 1. The van der Waals surface area contributed by atoms with Gasteiger partial charge in [0.15, 0.2) is 9.84 Å². The van der Waals surface area contributed by atoms with Crippen LogP contribution >= 0.6 is 0 Å². The molecule has 1 aliphatic heterocycles. The van der Waals surface area contributed by atoms with Crippen LogP contribution in [0, 0.1) is 5.82 Å². The minimum absolute atomic E-state index is 0.142. The highest BCUT2D eigenvalue weighted by atomic mass is 32.2. The molecule has 166 valence electrons. The van der Waals surface area contributed by atoms with Crippen molar-refractivity contribution in [3.8, 4) is 5.75 Å². The Kier molecular flexibility index (Phi) is 6.53. The second-order valence-electron chi connectivity index (χ2n) is 7.27. The lowest BCUT2D eigenvalue weighted by atomic mass is 10.1. The van der Waals surface area contributed by atoms with E-state index in [1.54, 1.807) is 18.2 Å². The maximum Gasteiger partial charge on any atom is 0.307 e. The minimum Gasteiger partial charge on any atom is -0.461 e. The predicted octanol–water partition coefficient (Wildman–Crippen LogP) is 4.34. The number of fused-ring (bicyclic) bond motifs is 1. The zero-order valence-corrected chi connectivity index (χ0v) is 17.9. The molecule has 0 unspecified atom stereocenters. The van der Waals surface area contributed by atoms with Crippen molar-refractivity contribution in [1.82, 2.24) is 0 Å². The van der Waals surface area contributed by atoms with Crippen molar-refractivity contribution in [2.24, 2.45) is 0 Å². The molecule has 0 aliphatic carbocycles. The number of benzene rings is 3. The molecule has 0 radical (unpaired) electrons. The topological polar surface area (TPSA) is 78.9 Å². The minimum atomic E-state index is -3.60. The van der Waals surface area contributed by atoms with E-state index in [2.05, 4.69) is 0 Å². The van der Waals surface area contributed by atoms with E-state index in [0.29, 0.717) is 16.9 Å². The Bertz CT molecular complexity index is 1200. The molecular formula is C24H21FO6S. The normalized spacial score (nSPS) is 15.5. The standard InChI is InChI=1S/C24H21FO6S/c25-20-13-18(15-29-22(26)11-12-32(27,28)21-9-5-2-6-10-21)23-19(14-20)16-30-24(31-23)17-7-3-1-4-8-17/h1-10,13-14,24H,11-12,15-16H2/t24-/m0/s1. The van der Waals surface area contributed by atoms with Crippen LogP contribution in [0.5, 0.6) is 5.75 Å². The summed E-state index contributed by atoms with van der Waals surface area (Å²) in [4.78, 5) is 12.3. The fourth-order valence-electron chi connectivity index (χ4n) is 3.35. The summed E-state index contributed by atoms with van der Waals surface area (Å²) in [6.45, 7) is -0.102. The zero-order chi connectivity index (χ0) is 22.6. The number of ether oxygens (including phenoxy) is 3. The molecule has 0 amide bonds. The number of halogens is 1. The molecule has 0 fully saturated rings. The van der Waals surface area contributed by atoms with Gasteiger partial charge < -0.3 is 14.2 Å². The van der Waals surface area contributed by atoms with E-state index in [1.165, 1.54) is 24.3 Å². The van der Waals surface area contributed by atoms with Crippen LogP contribution in [0.4, 0.5) is 4.39 Å². The van der Waals surface area contributed by atoms with Gasteiger partial charge in [-0.15, -0.1) is 0 Å². The Hall–Kier alpha value is -3.23. The lowest BCUT2D eigenvalue weighted by molar-refractivity contribution is -0.144. The summed E-state index contributed by atoms with van der Waals surface area (Å²) in [7, 11) is -3.60. The van der Waals surface area contributed by atoms with Gasteiger partial charge in [0.1, 0.15) is 18.2 Å². The van der Waals surface area contributed by atoms with Crippen LogP contribution < -0.4 is 4.74 Å². The Balaban J connectivity index is 1.41. The van der Waals surface area contributed by atoms with Gasteiger partial charge in [0.05, 0.1) is 23.7 Å². The van der Waals surface area contributed by atoms with Gasteiger partial charge >= 0.3 is 5.97 Å². The number of hydrogen-bond donors (Lipinski definition) is 0. The van der Waals surface area contributed by atoms with Gasteiger partial charge in [-0.25, -0.2) is 12.8 Å². The first kappa shape index (κ1) is 22.0. The van der Waals surface area contributed by atoms with Crippen LogP contribution in [0.2, 0.25) is 0 Å². The third kappa shape index (κ3) is 5.15. The highest BCUT2D eigenvalue weighted by Crippen LogP contribution is 2.36. The molecule has 0 bridgehead atoms. The third-order valence-corrected chi connectivity index (χ3v) is 6.69. The molecular weight excluding hydrogens is 435 g/mol. The van der Waals surface area contributed by atoms with Crippen molar-refractivity contribution in [3.05, 3.63) is 95.3 Å². The smallest absolute Gasteiger partial charge is 0.307 e. The molecule has 8 heteroatoms. The molecule has 32 heavy (non-hydrogen) atoms. The van der Waals surface area contributed by atoms with Gasteiger partial charge in [-0.3, -0.25) is 4.79 Å². The van der Waals surface area contributed by atoms with Crippen molar-refractivity contribution in [1.29, 1.82) is 0 Å². The number of esters is 1. The fraction of sp³-hybridized carbons (Fsp3) is 0.208. The van der Waals surface area contributed by atoms with Crippen molar-refractivity contribution in [2.45, 2.75) is 30.8 Å². The summed E-state index contributed by atoms with van der Waals surface area (Å²) in [5.41, 5.74) is 1.66. The third-order valence-electron chi connectivity index (χ3n) is 4.96. The molecule has 0 saturated heterocycles. The Morgan fingerprint density at radius 3 is 2.44 bits per heavy atom. The van der Waals surface area contributed by atoms with Crippen LogP contribution in [0.1, 0.15) is 29.4 Å². The Labute approximate surface area is 185 Å². The first-order valence-corrected chi connectivity index (χ1v) is 11.7. The van der Waals surface area contributed by atoms with E-state index < -0.39 is 27.9 Å². The van der Waals surface area contributed by atoms with Gasteiger partial charge in [0, 0.05) is 16.7 Å². The van der Waals surface area contributed by atoms with E-state index >= 15 is 0 Å². The second kappa shape index (κ2) is 9.50. The number of sulfone groups is 1. The Morgan fingerprint density at radius 1 is 1.03 bits per heavy atom. The lowest BCUT2D eigenvalue weighted by Gasteiger charge is -2.28. The van der Waals surface area contributed by atoms with Crippen LogP contribution in [0.3, 0.4) is 0 Å². The summed E-state index contributed by atoms with van der Waals surface area (Å²) in [6, 6.07) is 19.7. The first-order valence-electron chi connectivity index (χ1n) is 10.0. The van der Waals surface area contributed by atoms with Gasteiger partial charge in [-0.05, 0) is 24.3 Å². The predicted molar refractivity (Wildman–Crippen MR) is 114 cm³/mol. The summed E-state index contributed by atoms with van der Waals surface area (Å²) in [6.07, 6.45) is -0.981. The van der Waals surface area contributed by atoms with Crippen LogP contribution in [-0.2, 0) is 37.3 Å². The molecule has 1 atom stereocenters. The quantitative estimate of drug-likeness (QED) is 0.492. The molecule has 0 spiro atoms. The van der Waals surface area contributed by atoms with E-state index in [4.69, 9.17) is 14.2 Å². The molecule has 1 heterocycles. The van der Waals surface area contributed by atoms with Crippen LogP contribution in [0.15, 0.2) is 77.7 Å². The summed E-state index contributed by atoms with van der Waals surface area (Å²) < 4.78 is 55.6. The molecule has 0 N–H and O–H groups in total. The fourth-order valence-corrected chi connectivity index (χ4v) is 4.60. The SMILES string of the molecule is O=C(CCS(=O)(=O)c1ccccc1)OCc1cc(F)cc2c1O[C@@H](c1ccccc1)OC2. The largest absolute Gasteiger partial charge is 0.461 e. The van der Waals surface area contributed by atoms with Crippen LogP contribution in [-0.4, -0.2) is 20.1 Å². The van der Waals surface area contributed by atoms with E-state index in [9.17, 15) is 17.6 Å². The maximum atomic E-state index is 14.1. The van der Waals surface area contributed by atoms with Crippen molar-refractivity contribution < 1.29 is 31.8 Å². The average Bonchev–Trinajstić information content (AvgIpc) is 2.82. The maximum absolute atomic E-state index is 14.1. The first-order chi connectivity index (χ1) is 15.4. The average molecular weight is 456 g/mol. The van der Waals surface area contributed by atoms with Crippen molar-refractivity contribution >= 4 is 15.8 Å². The summed E-state index contributed by atoms with van der Waals surface area (Å²) in [5, 5.41) is 0. The summed E-state index contributed by atoms with van der Waals surface area (Å²) >= 11 is 0. The number of rotatable bonds is 7. The molecule has 1 aliphatic rings. The molecule has 6 nitrogen and oxygen atoms in total. The van der Waals surface area contributed by atoms with E-state index in [0.717, 1.165) is 5.56 Å². The van der Waals surface area contributed by atoms with Gasteiger partial charge in [-0.1, -0.05) is 48.5 Å². The summed E-state index contributed by atoms with van der Waals surface area (Å²) in [5.74, 6) is -1.19. The molecule has 0 saturated carbocycles. The van der Waals surface area contributed by atoms with Crippen molar-refractivity contribution in [3.63, 3.8) is 0 Å². The lowest BCUT2D eigenvalue weighted by Crippen LogP contribution is -2.20.